The van der Waals surface area contributed by atoms with Gasteiger partial charge in [0, 0.05) is 70.2 Å². The summed E-state index contributed by atoms with van der Waals surface area (Å²) >= 11 is 0. The number of hydrogen-bond donors (Lipinski definition) is 1. The molecule has 5 heterocycles. The monoisotopic (exact) mass is 550 g/mol. The van der Waals surface area contributed by atoms with Gasteiger partial charge in [0.05, 0.1) is 5.56 Å². The van der Waals surface area contributed by atoms with Gasteiger partial charge in [0.25, 0.3) is 5.91 Å². The summed E-state index contributed by atoms with van der Waals surface area (Å²) in [7, 11) is 1.82. The van der Waals surface area contributed by atoms with Gasteiger partial charge < -0.3 is 29.7 Å². The minimum absolute atomic E-state index is 0.0746. The quantitative estimate of drug-likeness (QED) is 0.489. The van der Waals surface area contributed by atoms with Crippen molar-refractivity contribution in [3.05, 3.63) is 58.9 Å². The predicted octanol–water partition coefficient (Wildman–Crippen LogP) is 2.83. The van der Waals surface area contributed by atoms with Crippen molar-refractivity contribution < 1.29 is 18.4 Å². The van der Waals surface area contributed by atoms with Gasteiger partial charge in [-0.25, -0.2) is 14.4 Å². The van der Waals surface area contributed by atoms with E-state index in [9.17, 15) is 9.18 Å². The fourth-order valence-corrected chi connectivity index (χ4v) is 5.94. The van der Waals surface area contributed by atoms with Crippen LogP contribution in [0.15, 0.2) is 35.1 Å². The number of anilines is 2. The third-order valence-electron chi connectivity index (χ3n) is 8.34. The Kier molecular flexibility index (Phi) is 7.37. The maximum Gasteiger partial charge on any atom is 0.324 e. The van der Waals surface area contributed by atoms with E-state index in [2.05, 4.69) is 25.0 Å². The standard InChI is InChI=1S/C28H35FN8O3/c1-17-5-6-22(29)20(12-17)21-15-37(16-23(21)30)27-31-13-18(14-32-27)26(38)35(2)19-7-9-36(10-8-19)28-33-25(34-40-28)24-4-3-11-39-24/h5-6,12-14,19,21,23-24H,3-4,7-11,15-16,30H2,1-2H3/t21-,23+,24+/m1/s1. The molecule has 212 valence electrons. The molecule has 1 amide bonds. The summed E-state index contributed by atoms with van der Waals surface area (Å²) in [6, 6.07) is 5.45. The molecule has 3 saturated heterocycles. The van der Waals surface area contributed by atoms with Crippen molar-refractivity contribution in [2.24, 2.45) is 5.73 Å². The lowest BCUT2D eigenvalue weighted by Crippen LogP contribution is -2.45. The molecule has 2 N–H and O–H groups in total. The average Bonchev–Trinajstić information content (AvgIpc) is 3.75. The van der Waals surface area contributed by atoms with Crippen molar-refractivity contribution >= 4 is 17.9 Å². The second-order valence-electron chi connectivity index (χ2n) is 11.0. The zero-order valence-corrected chi connectivity index (χ0v) is 22.9. The number of piperidine rings is 1. The van der Waals surface area contributed by atoms with Crippen molar-refractivity contribution in [1.82, 2.24) is 25.0 Å². The molecule has 3 atom stereocenters. The molecular weight excluding hydrogens is 515 g/mol. The van der Waals surface area contributed by atoms with E-state index < -0.39 is 0 Å². The highest BCUT2D eigenvalue weighted by Gasteiger charge is 2.35. The summed E-state index contributed by atoms with van der Waals surface area (Å²) in [5.41, 5.74) is 8.43. The molecule has 1 aromatic carbocycles. The van der Waals surface area contributed by atoms with Gasteiger partial charge in [0.1, 0.15) is 11.9 Å². The molecule has 3 aliphatic heterocycles. The number of aromatic nitrogens is 4. The second kappa shape index (κ2) is 11.1. The van der Waals surface area contributed by atoms with Crippen LogP contribution in [-0.2, 0) is 4.74 Å². The zero-order chi connectivity index (χ0) is 27.8. The van der Waals surface area contributed by atoms with E-state index >= 15 is 0 Å². The lowest BCUT2D eigenvalue weighted by molar-refractivity contribution is 0.0707. The topological polar surface area (TPSA) is 127 Å². The third kappa shape index (κ3) is 5.25. The molecule has 12 heteroatoms. The van der Waals surface area contributed by atoms with Gasteiger partial charge in [-0.2, -0.15) is 4.98 Å². The van der Waals surface area contributed by atoms with Crippen molar-refractivity contribution in [3.63, 3.8) is 0 Å². The van der Waals surface area contributed by atoms with Gasteiger partial charge >= 0.3 is 6.01 Å². The smallest absolute Gasteiger partial charge is 0.324 e. The number of benzene rings is 1. The van der Waals surface area contributed by atoms with Crippen molar-refractivity contribution in [2.75, 3.05) is 49.6 Å². The number of carbonyl (C=O) groups excluding carboxylic acids is 1. The Hall–Kier alpha value is -3.64. The lowest BCUT2D eigenvalue weighted by atomic mass is 9.93. The Morgan fingerprint density at radius 3 is 2.62 bits per heavy atom. The molecule has 3 fully saturated rings. The molecule has 6 rings (SSSR count). The minimum atomic E-state index is -0.246. The van der Waals surface area contributed by atoms with E-state index in [1.54, 1.807) is 23.4 Å². The van der Waals surface area contributed by atoms with Gasteiger partial charge in [0.15, 0.2) is 0 Å². The Bertz CT molecular complexity index is 1340. The number of amides is 1. The first kappa shape index (κ1) is 26.6. The molecule has 3 aromatic rings. The Morgan fingerprint density at radius 1 is 1.12 bits per heavy atom. The van der Waals surface area contributed by atoms with Gasteiger partial charge in [-0.1, -0.05) is 22.9 Å². The molecular formula is C28H35FN8O3. The first-order chi connectivity index (χ1) is 19.4. The van der Waals surface area contributed by atoms with Gasteiger partial charge in [-0.15, -0.1) is 0 Å². The predicted molar refractivity (Wildman–Crippen MR) is 146 cm³/mol. The van der Waals surface area contributed by atoms with Crippen molar-refractivity contribution in [2.45, 2.75) is 56.7 Å². The Labute approximate surface area is 232 Å². The van der Waals surface area contributed by atoms with Gasteiger partial charge in [-0.3, -0.25) is 4.79 Å². The fraction of sp³-hybridized carbons (Fsp3) is 0.536. The lowest BCUT2D eigenvalue weighted by Gasteiger charge is -2.35. The Balaban J connectivity index is 1.04. The van der Waals surface area contributed by atoms with E-state index in [0.717, 1.165) is 37.9 Å². The first-order valence-corrected chi connectivity index (χ1v) is 13.9. The van der Waals surface area contributed by atoms with E-state index in [-0.39, 0.29) is 35.8 Å². The van der Waals surface area contributed by atoms with Crippen LogP contribution in [0.5, 0.6) is 0 Å². The Morgan fingerprint density at radius 2 is 1.90 bits per heavy atom. The molecule has 2 aromatic heterocycles. The summed E-state index contributed by atoms with van der Waals surface area (Å²) < 4.78 is 25.6. The first-order valence-electron chi connectivity index (χ1n) is 13.9. The van der Waals surface area contributed by atoms with Crippen LogP contribution in [0.2, 0.25) is 0 Å². The molecule has 40 heavy (non-hydrogen) atoms. The maximum atomic E-state index is 14.5. The normalized spacial score (nSPS) is 23.6. The summed E-state index contributed by atoms with van der Waals surface area (Å²) in [5.74, 6) is 0.571. The van der Waals surface area contributed by atoms with Gasteiger partial charge in [0.2, 0.25) is 11.8 Å². The highest BCUT2D eigenvalue weighted by atomic mass is 19.1. The average molecular weight is 551 g/mol. The molecule has 0 aliphatic carbocycles. The van der Waals surface area contributed by atoms with Crippen LogP contribution in [0, 0.1) is 12.7 Å². The molecule has 0 bridgehead atoms. The number of aryl methyl sites for hydroxylation is 1. The molecule has 11 nitrogen and oxygen atoms in total. The van der Waals surface area contributed by atoms with Crippen LogP contribution in [0.4, 0.5) is 16.4 Å². The van der Waals surface area contributed by atoms with E-state index in [1.807, 2.05) is 24.9 Å². The largest absolute Gasteiger partial charge is 0.370 e. The number of ether oxygens (including phenoxy) is 1. The van der Waals surface area contributed by atoms with Crippen molar-refractivity contribution in [3.8, 4) is 0 Å². The highest BCUT2D eigenvalue weighted by Crippen LogP contribution is 2.31. The minimum Gasteiger partial charge on any atom is -0.370 e. The van der Waals surface area contributed by atoms with Crippen LogP contribution < -0.4 is 15.5 Å². The molecule has 0 radical (unpaired) electrons. The number of nitrogens with zero attached hydrogens (tertiary/aromatic N) is 7. The molecule has 0 spiro atoms. The highest BCUT2D eigenvalue weighted by molar-refractivity contribution is 5.93. The third-order valence-corrected chi connectivity index (χ3v) is 8.34. The summed E-state index contributed by atoms with van der Waals surface area (Å²) in [5, 5.41) is 4.10. The van der Waals surface area contributed by atoms with Gasteiger partial charge in [-0.05, 0) is 44.2 Å². The van der Waals surface area contributed by atoms with E-state index in [1.165, 1.54) is 6.07 Å². The SMILES string of the molecule is Cc1ccc(F)c([C@H]2CN(c3ncc(C(=O)N(C)C4CCN(c5nc([C@@H]6CCCO6)no5)CC4)cn3)C[C@@H]2N)c1. The fourth-order valence-electron chi connectivity index (χ4n) is 5.94. The number of nitrogens with two attached hydrogens (primary N) is 1. The maximum absolute atomic E-state index is 14.5. The molecule has 0 saturated carbocycles. The summed E-state index contributed by atoms with van der Waals surface area (Å²) in [4.78, 5) is 32.5. The van der Waals surface area contributed by atoms with Crippen LogP contribution in [0.3, 0.4) is 0 Å². The van der Waals surface area contributed by atoms with Crippen molar-refractivity contribution in [1.29, 1.82) is 0 Å². The van der Waals surface area contributed by atoms with Crippen LogP contribution >= 0.6 is 0 Å². The molecule has 3 aliphatic rings. The second-order valence-corrected chi connectivity index (χ2v) is 11.0. The summed E-state index contributed by atoms with van der Waals surface area (Å²) in [6.07, 6.45) is 6.53. The number of halogens is 1. The number of hydrogen-bond acceptors (Lipinski definition) is 10. The number of carbonyl (C=O) groups is 1. The number of rotatable bonds is 6. The van der Waals surface area contributed by atoms with Crippen LogP contribution in [0.1, 0.15) is 65.0 Å². The van der Waals surface area contributed by atoms with Crippen LogP contribution in [-0.4, -0.2) is 82.8 Å². The van der Waals surface area contributed by atoms with E-state index in [4.69, 9.17) is 15.0 Å². The van der Waals surface area contributed by atoms with Crippen LogP contribution in [0.25, 0.3) is 0 Å². The summed E-state index contributed by atoms with van der Waals surface area (Å²) in [6.45, 7) is 5.12. The van der Waals surface area contributed by atoms with E-state index in [0.29, 0.717) is 55.1 Å². The molecule has 0 unspecified atom stereocenters. The zero-order valence-electron chi connectivity index (χ0n) is 22.9.